The van der Waals surface area contributed by atoms with Crippen molar-refractivity contribution in [3.05, 3.63) is 65.0 Å². The summed E-state index contributed by atoms with van der Waals surface area (Å²) in [6, 6.07) is 9.20. The zero-order valence-electron chi connectivity index (χ0n) is 17.3. The standard InChI is InChI=1S/C23H24ClN3O4/c1-15-10-13-30-22(15)23(29)26-16-8-11-27(12-9-16)21(28)7-6-20-25-14-19(31-20)17-4-2-3-5-18(17)24/h2-5,10,13-14,16H,6-9,11-12H2,1H3,(H,26,29). The zero-order valence-corrected chi connectivity index (χ0v) is 18.0. The van der Waals surface area contributed by atoms with E-state index in [4.69, 9.17) is 20.4 Å². The van der Waals surface area contributed by atoms with Crippen LogP contribution in [-0.4, -0.2) is 40.8 Å². The molecule has 0 aliphatic carbocycles. The van der Waals surface area contributed by atoms with Gasteiger partial charge >= 0.3 is 0 Å². The van der Waals surface area contributed by atoms with Gasteiger partial charge in [-0.3, -0.25) is 9.59 Å². The minimum absolute atomic E-state index is 0.0333. The zero-order chi connectivity index (χ0) is 21.8. The number of nitrogens with zero attached hydrogens (tertiary/aromatic N) is 2. The van der Waals surface area contributed by atoms with Crippen molar-refractivity contribution in [2.75, 3.05) is 13.1 Å². The molecule has 2 amide bonds. The molecule has 2 aromatic heterocycles. The van der Waals surface area contributed by atoms with E-state index in [2.05, 4.69) is 10.3 Å². The predicted octanol–water partition coefficient (Wildman–Crippen LogP) is 4.25. The lowest BCUT2D eigenvalue weighted by Crippen LogP contribution is -2.46. The molecular weight excluding hydrogens is 418 g/mol. The molecule has 4 rings (SSSR count). The number of aromatic nitrogens is 1. The Bertz CT molecular complexity index is 1070. The summed E-state index contributed by atoms with van der Waals surface area (Å²) in [4.78, 5) is 31.0. The van der Waals surface area contributed by atoms with Crippen LogP contribution in [0, 0.1) is 6.92 Å². The number of benzene rings is 1. The molecule has 3 aromatic rings. The first-order valence-corrected chi connectivity index (χ1v) is 10.7. The van der Waals surface area contributed by atoms with Crippen LogP contribution >= 0.6 is 11.6 Å². The number of hydrogen-bond acceptors (Lipinski definition) is 5. The van der Waals surface area contributed by atoms with Gasteiger partial charge in [-0.2, -0.15) is 0 Å². The minimum Gasteiger partial charge on any atom is -0.459 e. The third kappa shape index (κ3) is 4.99. The Labute approximate surface area is 185 Å². The summed E-state index contributed by atoms with van der Waals surface area (Å²) in [5.74, 6) is 1.31. The highest BCUT2D eigenvalue weighted by Gasteiger charge is 2.25. The summed E-state index contributed by atoms with van der Waals surface area (Å²) < 4.78 is 11.0. The summed E-state index contributed by atoms with van der Waals surface area (Å²) in [6.45, 7) is 3.06. The van der Waals surface area contributed by atoms with E-state index >= 15 is 0 Å². The van der Waals surface area contributed by atoms with E-state index in [0.29, 0.717) is 61.2 Å². The fourth-order valence-electron chi connectivity index (χ4n) is 3.71. The van der Waals surface area contributed by atoms with Gasteiger partial charge in [0, 0.05) is 43.1 Å². The van der Waals surface area contributed by atoms with E-state index in [1.165, 1.54) is 6.26 Å². The average Bonchev–Trinajstić information content (AvgIpc) is 3.42. The van der Waals surface area contributed by atoms with Gasteiger partial charge < -0.3 is 19.1 Å². The molecule has 1 saturated heterocycles. The van der Waals surface area contributed by atoms with Gasteiger partial charge in [0.2, 0.25) is 5.91 Å². The maximum Gasteiger partial charge on any atom is 0.287 e. The Balaban J connectivity index is 1.24. The molecule has 0 spiro atoms. The maximum atomic E-state index is 12.6. The van der Waals surface area contributed by atoms with Crippen molar-refractivity contribution < 1.29 is 18.4 Å². The van der Waals surface area contributed by atoms with Crippen LogP contribution in [0.15, 0.2) is 51.6 Å². The number of halogens is 1. The number of amides is 2. The van der Waals surface area contributed by atoms with Gasteiger partial charge in [0.1, 0.15) is 0 Å². The van der Waals surface area contributed by atoms with E-state index in [1.807, 2.05) is 30.0 Å². The van der Waals surface area contributed by atoms with Crippen molar-refractivity contribution in [1.29, 1.82) is 0 Å². The van der Waals surface area contributed by atoms with Crippen LogP contribution in [0.1, 0.15) is 41.3 Å². The Morgan fingerprint density at radius 2 is 2.00 bits per heavy atom. The van der Waals surface area contributed by atoms with Gasteiger partial charge in [0.05, 0.1) is 17.5 Å². The van der Waals surface area contributed by atoms with Gasteiger partial charge in [-0.15, -0.1) is 0 Å². The molecule has 31 heavy (non-hydrogen) atoms. The van der Waals surface area contributed by atoms with Crippen LogP contribution in [0.4, 0.5) is 0 Å². The molecule has 1 aliphatic heterocycles. The molecule has 8 heteroatoms. The van der Waals surface area contributed by atoms with Gasteiger partial charge in [-0.25, -0.2) is 4.98 Å². The van der Waals surface area contributed by atoms with Crippen LogP contribution in [0.2, 0.25) is 5.02 Å². The SMILES string of the molecule is Cc1ccoc1C(=O)NC1CCN(C(=O)CCc2ncc(-c3ccccc3Cl)o2)CC1. The molecule has 1 N–H and O–H groups in total. The van der Waals surface area contributed by atoms with Crippen molar-refractivity contribution in [1.82, 2.24) is 15.2 Å². The lowest BCUT2D eigenvalue weighted by molar-refractivity contribution is -0.132. The van der Waals surface area contributed by atoms with E-state index in [0.717, 1.165) is 11.1 Å². The predicted molar refractivity (Wildman–Crippen MR) is 116 cm³/mol. The quantitative estimate of drug-likeness (QED) is 0.617. The Morgan fingerprint density at radius 3 is 2.71 bits per heavy atom. The van der Waals surface area contributed by atoms with Crippen LogP contribution < -0.4 is 5.32 Å². The highest BCUT2D eigenvalue weighted by Crippen LogP contribution is 2.28. The fraction of sp³-hybridized carbons (Fsp3) is 0.348. The second-order valence-corrected chi connectivity index (χ2v) is 8.07. The Kier molecular flexibility index (Phi) is 6.42. The number of oxazole rings is 1. The monoisotopic (exact) mass is 441 g/mol. The normalized spacial score (nSPS) is 14.6. The van der Waals surface area contributed by atoms with Crippen LogP contribution in [0.25, 0.3) is 11.3 Å². The Morgan fingerprint density at radius 1 is 1.23 bits per heavy atom. The molecule has 1 aromatic carbocycles. The fourth-order valence-corrected chi connectivity index (χ4v) is 3.94. The highest BCUT2D eigenvalue weighted by atomic mass is 35.5. The van der Waals surface area contributed by atoms with Crippen LogP contribution in [0.3, 0.4) is 0 Å². The Hall–Kier alpha value is -3.06. The first-order chi connectivity index (χ1) is 15.0. The number of hydrogen-bond donors (Lipinski definition) is 1. The smallest absolute Gasteiger partial charge is 0.287 e. The summed E-state index contributed by atoms with van der Waals surface area (Å²) in [6.07, 6.45) is 5.33. The van der Waals surface area contributed by atoms with Gasteiger partial charge in [0.25, 0.3) is 5.91 Å². The van der Waals surface area contributed by atoms with Gasteiger partial charge in [-0.1, -0.05) is 23.7 Å². The van der Waals surface area contributed by atoms with Crippen molar-refractivity contribution in [2.24, 2.45) is 0 Å². The number of aryl methyl sites for hydroxylation is 2. The lowest BCUT2D eigenvalue weighted by atomic mass is 10.0. The molecular formula is C23H24ClN3O4. The number of carbonyl (C=O) groups is 2. The van der Waals surface area contributed by atoms with Crippen LogP contribution in [0.5, 0.6) is 0 Å². The molecule has 0 radical (unpaired) electrons. The largest absolute Gasteiger partial charge is 0.459 e. The first-order valence-electron chi connectivity index (χ1n) is 10.3. The molecule has 0 saturated carbocycles. The number of likely N-dealkylation sites (tertiary alicyclic amines) is 1. The average molecular weight is 442 g/mol. The number of piperidine rings is 1. The van der Waals surface area contributed by atoms with E-state index in [9.17, 15) is 9.59 Å². The minimum atomic E-state index is -0.203. The van der Waals surface area contributed by atoms with Gasteiger partial charge in [0.15, 0.2) is 17.4 Å². The number of rotatable bonds is 6. The second-order valence-electron chi connectivity index (χ2n) is 7.66. The molecule has 1 fully saturated rings. The molecule has 0 unspecified atom stereocenters. The molecule has 162 valence electrons. The number of furan rings is 1. The van der Waals surface area contributed by atoms with Crippen molar-refractivity contribution in [2.45, 2.75) is 38.6 Å². The second kappa shape index (κ2) is 9.39. The van der Waals surface area contributed by atoms with E-state index in [1.54, 1.807) is 18.3 Å². The third-order valence-electron chi connectivity index (χ3n) is 5.50. The first kappa shape index (κ1) is 21.2. The highest BCUT2D eigenvalue weighted by molar-refractivity contribution is 6.33. The molecule has 7 nitrogen and oxygen atoms in total. The summed E-state index contributed by atoms with van der Waals surface area (Å²) in [5.41, 5.74) is 1.59. The van der Waals surface area contributed by atoms with E-state index in [-0.39, 0.29) is 17.9 Å². The number of nitrogens with one attached hydrogen (secondary N) is 1. The van der Waals surface area contributed by atoms with Gasteiger partial charge in [-0.05, 0) is 38.0 Å². The van der Waals surface area contributed by atoms with Crippen molar-refractivity contribution >= 4 is 23.4 Å². The molecule has 1 aliphatic rings. The topological polar surface area (TPSA) is 88.6 Å². The summed E-state index contributed by atoms with van der Waals surface area (Å²) in [5, 5.41) is 3.59. The molecule has 0 bridgehead atoms. The molecule has 3 heterocycles. The number of carbonyl (C=O) groups excluding carboxylic acids is 2. The summed E-state index contributed by atoms with van der Waals surface area (Å²) in [7, 11) is 0. The maximum absolute atomic E-state index is 12.6. The van der Waals surface area contributed by atoms with Crippen molar-refractivity contribution in [3.8, 4) is 11.3 Å². The van der Waals surface area contributed by atoms with Crippen LogP contribution in [-0.2, 0) is 11.2 Å². The van der Waals surface area contributed by atoms with Crippen molar-refractivity contribution in [3.63, 3.8) is 0 Å². The summed E-state index contributed by atoms with van der Waals surface area (Å²) >= 11 is 6.20. The van der Waals surface area contributed by atoms with E-state index < -0.39 is 0 Å². The third-order valence-corrected chi connectivity index (χ3v) is 5.83. The molecule has 0 atom stereocenters. The lowest BCUT2D eigenvalue weighted by Gasteiger charge is -2.32.